The highest BCUT2D eigenvalue weighted by Crippen LogP contribution is 2.23. The van der Waals surface area contributed by atoms with Gasteiger partial charge in [-0.3, -0.25) is 0 Å². The Hall–Kier alpha value is -2.59. The van der Waals surface area contributed by atoms with E-state index in [2.05, 4.69) is 29.4 Å². The molecule has 0 amide bonds. The molecular formula is C19H20N2O2. The highest BCUT2D eigenvalue weighted by Gasteiger charge is 2.05. The molecule has 1 aromatic heterocycles. The molecule has 118 valence electrons. The third-order valence-electron chi connectivity index (χ3n) is 3.63. The van der Waals surface area contributed by atoms with E-state index in [-0.39, 0.29) is 0 Å². The van der Waals surface area contributed by atoms with Gasteiger partial charge in [-0.1, -0.05) is 35.5 Å². The van der Waals surface area contributed by atoms with Crippen molar-refractivity contribution in [2.24, 2.45) is 5.73 Å². The Morgan fingerprint density at radius 1 is 1.00 bits per heavy atom. The van der Waals surface area contributed by atoms with Crippen molar-refractivity contribution < 1.29 is 9.26 Å². The molecule has 0 aliphatic rings. The second-order valence-corrected chi connectivity index (χ2v) is 5.35. The van der Waals surface area contributed by atoms with E-state index in [1.165, 1.54) is 5.56 Å². The van der Waals surface area contributed by atoms with E-state index in [1.807, 2.05) is 36.4 Å². The zero-order valence-electron chi connectivity index (χ0n) is 12.9. The molecular weight excluding hydrogens is 288 g/mol. The summed E-state index contributed by atoms with van der Waals surface area (Å²) in [5.41, 5.74) is 8.59. The minimum atomic E-state index is 0.381. The van der Waals surface area contributed by atoms with Crippen LogP contribution in [0.1, 0.15) is 17.7 Å². The van der Waals surface area contributed by atoms with Crippen LogP contribution in [0.5, 0.6) is 5.75 Å². The molecule has 2 N–H and O–H groups in total. The molecule has 0 aliphatic heterocycles. The summed E-state index contributed by atoms with van der Waals surface area (Å²) in [6, 6.07) is 20.1. The summed E-state index contributed by atoms with van der Waals surface area (Å²) in [5.74, 6) is 1.58. The van der Waals surface area contributed by atoms with Crippen LogP contribution in [-0.2, 0) is 13.0 Å². The van der Waals surface area contributed by atoms with Gasteiger partial charge in [0.1, 0.15) is 5.75 Å². The van der Waals surface area contributed by atoms with E-state index in [9.17, 15) is 0 Å². The highest BCUT2D eigenvalue weighted by atomic mass is 16.5. The fraction of sp³-hybridized carbons (Fsp3) is 0.211. The van der Waals surface area contributed by atoms with Crippen molar-refractivity contribution in [3.8, 4) is 17.1 Å². The molecule has 4 heteroatoms. The van der Waals surface area contributed by atoms with Gasteiger partial charge < -0.3 is 15.0 Å². The SMILES string of the molecule is NCc1cc(-c2ccc(OCCCc3ccccc3)cc2)on1. The Kier molecular flexibility index (Phi) is 5.06. The summed E-state index contributed by atoms with van der Waals surface area (Å²) in [5, 5.41) is 3.89. The number of ether oxygens (including phenoxy) is 1. The number of nitrogens with zero attached hydrogens (tertiary/aromatic N) is 1. The van der Waals surface area contributed by atoms with Crippen LogP contribution in [0.2, 0.25) is 0 Å². The quantitative estimate of drug-likeness (QED) is 0.674. The maximum Gasteiger partial charge on any atom is 0.167 e. The van der Waals surface area contributed by atoms with E-state index < -0.39 is 0 Å². The van der Waals surface area contributed by atoms with Crippen LogP contribution in [-0.4, -0.2) is 11.8 Å². The van der Waals surface area contributed by atoms with E-state index in [0.29, 0.717) is 13.2 Å². The average Bonchev–Trinajstić information content (AvgIpc) is 3.09. The standard InChI is InChI=1S/C19H20N2O2/c20-14-17-13-19(23-21-17)16-8-10-18(11-9-16)22-12-4-7-15-5-2-1-3-6-15/h1-3,5-6,8-11,13H,4,7,12,14,20H2. The topological polar surface area (TPSA) is 61.3 Å². The van der Waals surface area contributed by atoms with Crippen molar-refractivity contribution in [1.82, 2.24) is 5.16 Å². The van der Waals surface area contributed by atoms with E-state index in [1.54, 1.807) is 0 Å². The lowest BCUT2D eigenvalue weighted by Crippen LogP contribution is -1.99. The van der Waals surface area contributed by atoms with Gasteiger partial charge in [0.05, 0.1) is 12.3 Å². The van der Waals surface area contributed by atoms with Gasteiger partial charge in [-0.05, 0) is 42.7 Å². The fourth-order valence-corrected chi connectivity index (χ4v) is 2.37. The molecule has 0 saturated carbocycles. The Bertz CT molecular complexity index is 721. The van der Waals surface area contributed by atoms with Crippen molar-refractivity contribution in [3.05, 3.63) is 71.9 Å². The third kappa shape index (κ3) is 4.20. The monoisotopic (exact) mass is 308 g/mol. The second-order valence-electron chi connectivity index (χ2n) is 5.35. The maximum atomic E-state index is 5.78. The number of rotatable bonds is 7. The molecule has 1 heterocycles. The van der Waals surface area contributed by atoms with Crippen LogP contribution in [0, 0.1) is 0 Å². The minimum absolute atomic E-state index is 0.381. The molecule has 0 spiro atoms. The number of hydrogen-bond donors (Lipinski definition) is 1. The Balaban J connectivity index is 1.49. The summed E-state index contributed by atoms with van der Waals surface area (Å²) in [4.78, 5) is 0. The Morgan fingerprint density at radius 2 is 1.78 bits per heavy atom. The molecule has 0 aliphatic carbocycles. The van der Waals surface area contributed by atoms with Gasteiger partial charge in [-0.2, -0.15) is 0 Å². The zero-order valence-corrected chi connectivity index (χ0v) is 12.9. The van der Waals surface area contributed by atoms with Gasteiger partial charge in [0.25, 0.3) is 0 Å². The molecule has 3 rings (SSSR count). The van der Waals surface area contributed by atoms with E-state index in [4.69, 9.17) is 15.0 Å². The van der Waals surface area contributed by atoms with E-state index >= 15 is 0 Å². The van der Waals surface area contributed by atoms with Crippen LogP contribution in [0.4, 0.5) is 0 Å². The number of nitrogens with two attached hydrogens (primary N) is 1. The van der Waals surface area contributed by atoms with Crippen molar-refractivity contribution >= 4 is 0 Å². The predicted octanol–water partition coefficient (Wildman–Crippen LogP) is 3.81. The van der Waals surface area contributed by atoms with Gasteiger partial charge in [0.2, 0.25) is 0 Å². The first-order valence-electron chi connectivity index (χ1n) is 7.78. The van der Waals surface area contributed by atoms with Gasteiger partial charge in [-0.25, -0.2) is 0 Å². The number of aryl methyl sites for hydroxylation is 1. The van der Waals surface area contributed by atoms with Crippen molar-refractivity contribution in [1.29, 1.82) is 0 Å². The molecule has 3 aromatic rings. The fourth-order valence-electron chi connectivity index (χ4n) is 2.37. The van der Waals surface area contributed by atoms with E-state index in [0.717, 1.165) is 35.6 Å². The van der Waals surface area contributed by atoms with Gasteiger partial charge in [-0.15, -0.1) is 0 Å². The lowest BCUT2D eigenvalue weighted by molar-refractivity contribution is 0.311. The van der Waals surface area contributed by atoms with Crippen LogP contribution in [0.25, 0.3) is 11.3 Å². The number of hydrogen-bond acceptors (Lipinski definition) is 4. The summed E-state index contributed by atoms with van der Waals surface area (Å²) in [7, 11) is 0. The summed E-state index contributed by atoms with van der Waals surface area (Å²) in [6.07, 6.45) is 2.02. The molecule has 2 aromatic carbocycles. The number of aromatic nitrogens is 1. The lowest BCUT2D eigenvalue weighted by atomic mass is 10.1. The predicted molar refractivity (Wildman–Crippen MR) is 90.1 cm³/mol. The third-order valence-corrected chi connectivity index (χ3v) is 3.63. The molecule has 0 saturated heterocycles. The summed E-state index contributed by atoms with van der Waals surface area (Å²) < 4.78 is 11.0. The molecule has 4 nitrogen and oxygen atoms in total. The lowest BCUT2D eigenvalue weighted by Gasteiger charge is -2.06. The zero-order chi connectivity index (χ0) is 15.9. The van der Waals surface area contributed by atoms with Gasteiger partial charge >= 0.3 is 0 Å². The normalized spacial score (nSPS) is 10.7. The molecule has 0 fully saturated rings. The van der Waals surface area contributed by atoms with Crippen LogP contribution in [0.15, 0.2) is 65.2 Å². The summed E-state index contributed by atoms with van der Waals surface area (Å²) >= 11 is 0. The first kappa shape index (κ1) is 15.3. The largest absolute Gasteiger partial charge is 0.494 e. The highest BCUT2D eigenvalue weighted by molar-refractivity contribution is 5.58. The van der Waals surface area contributed by atoms with Crippen LogP contribution >= 0.6 is 0 Å². The number of benzene rings is 2. The molecule has 0 unspecified atom stereocenters. The van der Waals surface area contributed by atoms with Crippen molar-refractivity contribution in [3.63, 3.8) is 0 Å². The van der Waals surface area contributed by atoms with Crippen molar-refractivity contribution in [2.45, 2.75) is 19.4 Å². The summed E-state index contributed by atoms with van der Waals surface area (Å²) in [6.45, 7) is 1.08. The molecule has 23 heavy (non-hydrogen) atoms. The second kappa shape index (κ2) is 7.61. The average molecular weight is 308 g/mol. The molecule has 0 bridgehead atoms. The van der Waals surface area contributed by atoms with Crippen LogP contribution in [0.3, 0.4) is 0 Å². The minimum Gasteiger partial charge on any atom is -0.494 e. The van der Waals surface area contributed by atoms with Gasteiger partial charge in [0.15, 0.2) is 5.76 Å². The first-order valence-corrected chi connectivity index (χ1v) is 7.78. The Labute approximate surface area is 135 Å². The van der Waals surface area contributed by atoms with Crippen LogP contribution < -0.4 is 10.5 Å². The first-order chi connectivity index (χ1) is 11.3. The van der Waals surface area contributed by atoms with Crippen molar-refractivity contribution in [2.75, 3.05) is 6.61 Å². The smallest absolute Gasteiger partial charge is 0.167 e. The molecule has 0 atom stereocenters. The Morgan fingerprint density at radius 3 is 2.48 bits per heavy atom. The molecule has 0 radical (unpaired) electrons. The maximum absolute atomic E-state index is 5.78. The van der Waals surface area contributed by atoms with Gasteiger partial charge in [0, 0.05) is 18.2 Å².